The molecular weight excluding hydrogens is 386 g/mol. The van der Waals surface area contributed by atoms with Crippen molar-refractivity contribution in [3.05, 3.63) is 94.5 Å². The summed E-state index contributed by atoms with van der Waals surface area (Å²) in [5, 5.41) is 9.01. The summed E-state index contributed by atoms with van der Waals surface area (Å²) >= 11 is 0. The van der Waals surface area contributed by atoms with E-state index in [0.29, 0.717) is 35.3 Å². The fraction of sp³-hybridized carbons (Fsp3) is 0.192. The van der Waals surface area contributed by atoms with Crippen LogP contribution in [-0.2, 0) is 6.54 Å². The molecular formula is C26H23N3O2. The number of hydrogen-bond donors (Lipinski definition) is 0. The minimum absolute atomic E-state index is 0.0350. The zero-order valence-corrected chi connectivity index (χ0v) is 17.6. The summed E-state index contributed by atoms with van der Waals surface area (Å²) in [6.45, 7) is 1.71. The number of ketones is 1. The lowest BCUT2D eigenvalue weighted by Crippen LogP contribution is -2.36. The molecule has 1 aliphatic rings. The van der Waals surface area contributed by atoms with Gasteiger partial charge in [0.2, 0.25) is 0 Å². The lowest BCUT2D eigenvalue weighted by molar-refractivity contribution is 0.0732. The maximum atomic E-state index is 13.4. The Hall–Kier alpha value is -3.75. The van der Waals surface area contributed by atoms with Crippen LogP contribution in [0.2, 0.25) is 0 Å². The normalized spacial score (nSPS) is 11.7. The van der Waals surface area contributed by atoms with Crippen molar-refractivity contribution in [1.82, 2.24) is 9.80 Å². The van der Waals surface area contributed by atoms with Crippen LogP contribution in [0.4, 0.5) is 0 Å². The third-order valence-corrected chi connectivity index (χ3v) is 5.53. The van der Waals surface area contributed by atoms with E-state index in [9.17, 15) is 9.59 Å². The quantitative estimate of drug-likeness (QED) is 0.483. The second-order valence-electron chi connectivity index (χ2n) is 7.97. The molecule has 0 saturated carbocycles. The number of hydrogen-bond acceptors (Lipinski definition) is 4. The molecule has 0 fully saturated rings. The number of likely N-dealkylation sites (N-methyl/N-ethyl adjacent to an activating group) is 1. The Balaban J connectivity index is 1.62. The summed E-state index contributed by atoms with van der Waals surface area (Å²) in [4.78, 5) is 30.1. The molecule has 3 aromatic rings. The van der Waals surface area contributed by atoms with Gasteiger partial charge in [-0.15, -0.1) is 0 Å². The summed E-state index contributed by atoms with van der Waals surface area (Å²) in [7, 11) is 3.94. The van der Waals surface area contributed by atoms with Gasteiger partial charge < -0.3 is 9.80 Å². The molecule has 0 bridgehead atoms. The molecule has 3 aromatic carbocycles. The van der Waals surface area contributed by atoms with Gasteiger partial charge in [-0.1, -0.05) is 42.5 Å². The van der Waals surface area contributed by atoms with Crippen LogP contribution in [0.1, 0.15) is 37.4 Å². The largest absolute Gasteiger partial charge is 0.333 e. The van der Waals surface area contributed by atoms with Crippen LogP contribution < -0.4 is 0 Å². The molecule has 0 aliphatic heterocycles. The van der Waals surface area contributed by atoms with Gasteiger partial charge in [0, 0.05) is 36.3 Å². The van der Waals surface area contributed by atoms with Gasteiger partial charge in [-0.3, -0.25) is 9.59 Å². The third-order valence-electron chi connectivity index (χ3n) is 5.53. The van der Waals surface area contributed by atoms with Gasteiger partial charge in [-0.05, 0) is 55.1 Å². The summed E-state index contributed by atoms with van der Waals surface area (Å²) in [6.07, 6.45) is 0. The van der Waals surface area contributed by atoms with E-state index < -0.39 is 0 Å². The summed E-state index contributed by atoms with van der Waals surface area (Å²) < 4.78 is 0. The molecule has 31 heavy (non-hydrogen) atoms. The monoisotopic (exact) mass is 409 g/mol. The highest BCUT2D eigenvalue weighted by molar-refractivity contribution is 6.22. The van der Waals surface area contributed by atoms with E-state index in [4.69, 9.17) is 5.26 Å². The molecule has 0 N–H and O–H groups in total. The van der Waals surface area contributed by atoms with Gasteiger partial charge >= 0.3 is 0 Å². The predicted molar refractivity (Wildman–Crippen MR) is 120 cm³/mol. The molecule has 0 atom stereocenters. The van der Waals surface area contributed by atoms with Crippen molar-refractivity contribution in [3.63, 3.8) is 0 Å². The van der Waals surface area contributed by atoms with E-state index >= 15 is 0 Å². The second kappa shape index (κ2) is 8.55. The van der Waals surface area contributed by atoms with Gasteiger partial charge in [0.25, 0.3) is 5.91 Å². The van der Waals surface area contributed by atoms with E-state index in [1.807, 2.05) is 61.5 Å². The maximum Gasteiger partial charge on any atom is 0.254 e. The van der Waals surface area contributed by atoms with Crippen LogP contribution in [-0.4, -0.2) is 48.7 Å². The number of amides is 1. The molecule has 5 nitrogen and oxygen atoms in total. The van der Waals surface area contributed by atoms with Gasteiger partial charge in [0.05, 0.1) is 11.6 Å². The minimum Gasteiger partial charge on any atom is -0.333 e. The van der Waals surface area contributed by atoms with E-state index in [-0.39, 0.29) is 11.7 Å². The first kappa shape index (κ1) is 20.5. The Morgan fingerprint density at radius 1 is 0.871 bits per heavy atom. The summed E-state index contributed by atoms with van der Waals surface area (Å²) in [5.41, 5.74) is 5.12. The van der Waals surface area contributed by atoms with Crippen molar-refractivity contribution < 1.29 is 9.59 Å². The molecule has 0 spiro atoms. The Labute approximate surface area is 182 Å². The van der Waals surface area contributed by atoms with Gasteiger partial charge in [0.15, 0.2) is 5.78 Å². The highest BCUT2D eigenvalue weighted by atomic mass is 16.2. The fourth-order valence-corrected chi connectivity index (χ4v) is 3.82. The SMILES string of the molecule is CN(C)CCN(Cc1ccc(C#N)cc1)C(=O)c1ccc2c(c1)C(=O)c1ccccc1-2. The van der Waals surface area contributed by atoms with Crippen LogP contribution >= 0.6 is 0 Å². The molecule has 0 saturated heterocycles. The number of benzene rings is 3. The van der Waals surface area contributed by atoms with Crippen molar-refractivity contribution >= 4 is 11.7 Å². The van der Waals surface area contributed by atoms with E-state index in [2.05, 4.69) is 6.07 Å². The van der Waals surface area contributed by atoms with Crippen molar-refractivity contribution in [3.8, 4) is 17.2 Å². The summed E-state index contributed by atoms with van der Waals surface area (Å²) in [5.74, 6) is -0.148. The van der Waals surface area contributed by atoms with Crippen LogP contribution in [0.3, 0.4) is 0 Å². The highest BCUT2D eigenvalue weighted by Gasteiger charge is 2.28. The Bertz CT molecular complexity index is 1190. The summed E-state index contributed by atoms with van der Waals surface area (Å²) in [6, 6.07) is 22.3. The van der Waals surface area contributed by atoms with Crippen LogP contribution in [0.15, 0.2) is 66.7 Å². The van der Waals surface area contributed by atoms with Crippen molar-refractivity contribution in [2.75, 3.05) is 27.2 Å². The average Bonchev–Trinajstić information content (AvgIpc) is 3.08. The molecule has 5 heteroatoms. The first-order valence-electron chi connectivity index (χ1n) is 10.2. The first-order valence-corrected chi connectivity index (χ1v) is 10.2. The second-order valence-corrected chi connectivity index (χ2v) is 7.97. The zero-order valence-electron chi connectivity index (χ0n) is 17.6. The molecule has 0 unspecified atom stereocenters. The van der Waals surface area contributed by atoms with Crippen molar-refractivity contribution in [2.45, 2.75) is 6.54 Å². The standard InChI is InChI=1S/C26H23N3O2/c1-28(2)13-14-29(17-19-9-7-18(16-27)8-10-19)26(31)20-11-12-22-21-5-3-4-6-23(21)25(30)24(22)15-20/h3-12,15H,13-14,17H2,1-2H3. The average molecular weight is 409 g/mol. The number of carbonyl (C=O) groups is 2. The molecule has 154 valence electrons. The molecule has 0 heterocycles. The predicted octanol–water partition coefficient (Wildman–Crippen LogP) is 3.97. The van der Waals surface area contributed by atoms with Gasteiger partial charge in [-0.2, -0.15) is 5.26 Å². The van der Waals surface area contributed by atoms with E-state index in [1.54, 1.807) is 29.2 Å². The Kier molecular flexibility index (Phi) is 5.66. The smallest absolute Gasteiger partial charge is 0.254 e. The van der Waals surface area contributed by atoms with Crippen LogP contribution in [0, 0.1) is 11.3 Å². The highest BCUT2D eigenvalue weighted by Crippen LogP contribution is 2.36. The zero-order chi connectivity index (χ0) is 22.0. The van der Waals surface area contributed by atoms with Gasteiger partial charge in [-0.25, -0.2) is 0 Å². The molecule has 0 radical (unpaired) electrons. The number of carbonyl (C=O) groups excluding carboxylic acids is 2. The third kappa shape index (κ3) is 4.11. The van der Waals surface area contributed by atoms with Crippen molar-refractivity contribution in [1.29, 1.82) is 5.26 Å². The Morgan fingerprint density at radius 2 is 1.55 bits per heavy atom. The van der Waals surface area contributed by atoms with Gasteiger partial charge in [0.1, 0.15) is 0 Å². The molecule has 0 aromatic heterocycles. The first-order chi connectivity index (χ1) is 15.0. The lowest BCUT2D eigenvalue weighted by Gasteiger charge is -2.25. The van der Waals surface area contributed by atoms with Crippen molar-refractivity contribution in [2.24, 2.45) is 0 Å². The van der Waals surface area contributed by atoms with E-state index in [1.165, 1.54) is 0 Å². The maximum absolute atomic E-state index is 13.4. The molecule has 1 amide bonds. The fourth-order valence-electron chi connectivity index (χ4n) is 3.82. The van der Waals surface area contributed by atoms with Crippen LogP contribution in [0.25, 0.3) is 11.1 Å². The minimum atomic E-state index is -0.113. The topological polar surface area (TPSA) is 64.4 Å². The number of fused-ring (bicyclic) bond motifs is 3. The van der Waals surface area contributed by atoms with E-state index in [0.717, 1.165) is 23.2 Å². The molecule has 1 aliphatic carbocycles. The number of nitrogens with zero attached hydrogens (tertiary/aromatic N) is 3. The van der Waals surface area contributed by atoms with Crippen LogP contribution in [0.5, 0.6) is 0 Å². The number of rotatable bonds is 6. The molecule has 4 rings (SSSR count). The Morgan fingerprint density at radius 3 is 2.23 bits per heavy atom. The number of nitriles is 1. The lowest BCUT2D eigenvalue weighted by atomic mass is 10.0.